The van der Waals surface area contributed by atoms with E-state index in [9.17, 15) is 4.79 Å². The summed E-state index contributed by atoms with van der Waals surface area (Å²) in [6, 6.07) is 6.16. The Morgan fingerprint density at radius 3 is 2.13 bits per heavy atom. The van der Waals surface area contributed by atoms with E-state index >= 15 is 0 Å². The van der Waals surface area contributed by atoms with Crippen molar-refractivity contribution < 1.29 is 9.90 Å². The van der Waals surface area contributed by atoms with Crippen LogP contribution in [0, 0.1) is 0 Å². The van der Waals surface area contributed by atoms with Gasteiger partial charge in [0.1, 0.15) is 6.04 Å². The van der Waals surface area contributed by atoms with Crippen molar-refractivity contribution in [2.45, 2.75) is 12.5 Å². The fourth-order valence-electron chi connectivity index (χ4n) is 0.995. The number of anilines is 1. The van der Waals surface area contributed by atoms with E-state index in [2.05, 4.69) is 0 Å². The summed E-state index contributed by atoms with van der Waals surface area (Å²) in [5.41, 5.74) is 12.4. The third kappa shape index (κ3) is 5.47. The Morgan fingerprint density at radius 1 is 1.27 bits per heavy atom. The minimum atomic E-state index is -0.989. The number of hydrogen-bond donors (Lipinski definition) is 3. The zero-order chi connectivity index (χ0) is 9.84. The molecule has 0 saturated carbocycles. The van der Waals surface area contributed by atoms with Gasteiger partial charge in [-0.2, -0.15) is 0 Å². The molecular weight excluding hydrogens is 239 g/mol. The summed E-state index contributed by atoms with van der Waals surface area (Å²) in [4.78, 5) is 10.4. The molecule has 5 N–H and O–H groups in total. The molecule has 0 fully saturated rings. The summed E-state index contributed by atoms with van der Waals surface area (Å²) >= 11 is 0. The van der Waals surface area contributed by atoms with Gasteiger partial charge in [-0.3, -0.25) is 4.79 Å². The number of aliphatic carboxylic acids is 1. The van der Waals surface area contributed by atoms with Gasteiger partial charge in [0.25, 0.3) is 0 Å². The van der Waals surface area contributed by atoms with Crippen LogP contribution in [-0.2, 0) is 11.2 Å². The molecule has 0 spiro atoms. The van der Waals surface area contributed by atoms with Crippen LogP contribution in [-0.4, -0.2) is 17.1 Å². The van der Waals surface area contributed by atoms with Crippen molar-refractivity contribution in [3.8, 4) is 0 Å². The van der Waals surface area contributed by atoms with E-state index < -0.39 is 12.0 Å². The van der Waals surface area contributed by atoms with E-state index in [-0.39, 0.29) is 24.8 Å². The standard InChI is InChI=1S/C9H12N2O2.2ClH/c10-7-3-1-6(2-4-7)5-8(11)9(12)13;;/h1-4,8H,5,10-11H2,(H,12,13);2*1H/t8-;;/m1../s1. The molecule has 0 aliphatic rings. The third-order valence-corrected chi connectivity index (χ3v) is 1.75. The Balaban J connectivity index is 0. The fourth-order valence-corrected chi connectivity index (χ4v) is 0.995. The number of benzene rings is 1. The number of carboxylic acids is 1. The van der Waals surface area contributed by atoms with Crippen LogP contribution >= 0.6 is 24.8 Å². The van der Waals surface area contributed by atoms with Gasteiger partial charge < -0.3 is 16.6 Å². The van der Waals surface area contributed by atoms with Crippen molar-refractivity contribution in [1.29, 1.82) is 0 Å². The van der Waals surface area contributed by atoms with E-state index in [1.54, 1.807) is 24.3 Å². The normalized spacial score (nSPS) is 10.7. The molecule has 15 heavy (non-hydrogen) atoms. The lowest BCUT2D eigenvalue weighted by Gasteiger charge is -2.05. The molecule has 0 aromatic heterocycles. The maximum atomic E-state index is 10.4. The van der Waals surface area contributed by atoms with Gasteiger partial charge in [0, 0.05) is 5.69 Å². The highest BCUT2D eigenvalue weighted by atomic mass is 35.5. The number of nitrogens with two attached hydrogens (primary N) is 2. The minimum absolute atomic E-state index is 0. The molecule has 1 atom stereocenters. The Bertz CT molecular complexity index is 303. The summed E-state index contributed by atoms with van der Waals surface area (Å²) in [7, 11) is 0. The monoisotopic (exact) mass is 252 g/mol. The van der Waals surface area contributed by atoms with Crippen molar-refractivity contribution in [3.05, 3.63) is 29.8 Å². The van der Waals surface area contributed by atoms with Gasteiger partial charge in [0.15, 0.2) is 0 Å². The number of hydrogen-bond acceptors (Lipinski definition) is 3. The molecule has 0 bridgehead atoms. The molecule has 0 amide bonds. The minimum Gasteiger partial charge on any atom is -0.480 e. The summed E-state index contributed by atoms with van der Waals surface area (Å²) in [5.74, 6) is -0.989. The van der Waals surface area contributed by atoms with E-state index in [0.29, 0.717) is 12.1 Å². The van der Waals surface area contributed by atoms with Crippen molar-refractivity contribution in [2.24, 2.45) is 5.73 Å². The Hall–Kier alpha value is -0.970. The van der Waals surface area contributed by atoms with Gasteiger partial charge in [-0.25, -0.2) is 0 Å². The predicted octanol–water partition coefficient (Wildman–Crippen LogP) is 1.07. The lowest BCUT2D eigenvalue weighted by Crippen LogP contribution is -2.32. The predicted molar refractivity (Wildman–Crippen MR) is 64.7 cm³/mol. The SMILES string of the molecule is Cl.Cl.Nc1ccc(C[C@@H](N)C(=O)O)cc1. The second-order valence-corrected chi connectivity index (χ2v) is 2.89. The highest BCUT2D eigenvalue weighted by Gasteiger charge is 2.11. The second kappa shape index (κ2) is 7.34. The zero-order valence-corrected chi connectivity index (χ0v) is 9.55. The fraction of sp³-hybridized carbons (Fsp3) is 0.222. The number of carboxylic acid groups (broad SMARTS) is 1. The molecule has 0 unspecified atom stereocenters. The topological polar surface area (TPSA) is 89.3 Å². The number of rotatable bonds is 3. The average Bonchev–Trinajstić information content (AvgIpc) is 2.08. The van der Waals surface area contributed by atoms with E-state index in [1.807, 2.05) is 0 Å². The smallest absolute Gasteiger partial charge is 0.320 e. The average molecular weight is 253 g/mol. The Morgan fingerprint density at radius 2 is 1.73 bits per heavy atom. The summed E-state index contributed by atoms with van der Waals surface area (Å²) < 4.78 is 0. The van der Waals surface area contributed by atoms with E-state index in [4.69, 9.17) is 16.6 Å². The molecule has 0 aliphatic carbocycles. The van der Waals surface area contributed by atoms with Crippen LogP contribution < -0.4 is 11.5 Å². The van der Waals surface area contributed by atoms with Crippen LogP contribution in [0.15, 0.2) is 24.3 Å². The van der Waals surface area contributed by atoms with Gasteiger partial charge in [0.05, 0.1) is 0 Å². The van der Waals surface area contributed by atoms with Crippen LogP contribution in [0.4, 0.5) is 5.69 Å². The molecule has 0 radical (unpaired) electrons. The maximum absolute atomic E-state index is 10.4. The molecule has 86 valence electrons. The molecule has 1 aromatic rings. The summed E-state index contributed by atoms with van der Waals surface area (Å²) in [6.45, 7) is 0. The molecule has 4 nitrogen and oxygen atoms in total. The van der Waals surface area contributed by atoms with Crippen LogP contribution in [0.2, 0.25) is 0 Å². The van der Waals surface area contributed by atoms with E-state index in [1.165, 1.54) is 0 Å². The first-order chi connectivity index (χ1) is 6.09. The number of halogens is 2. The van der Waals surface area contributed by atoms with Gasteiger partial charge in [-0.05, 0) is 24.1 Å². The van der Waals surface area contributed by atoms with Gasteiger partial charge >= 0.3 is 5.97 Å². The van der Waals surface area contributed by atoms with Crippen LogP contribution in [0.1, 0.15) is 5.56 Å². The molecule has 0 aliphatic heterocycles. The van der Waals surface area contributed by atoms with Gasteiger partial charge in [-0.1, -0.05) is 12.1 Å². The van der Waals surface area contributed by atoms with Crippen molar-refractivity contribution in [3.63, 3.8) is 0 Å². The summed E-state index contributed by atoms with van der Waals surface area (Å²) in [6.07, 6.45) is 0.329. The lowest BCUT2D eigenvalue weighted by molar-refractivity contribution is -0.138. The van der Waals surface area contributed by atoms with Crippen LogP contribution in [0.5, 0.6) is 0 Å². The van der Waals surface area contributed by atoms with Crippen molar-refractivity contribution in [1.82, 2.24) is 0 Å². The molecule has 6 heteroatoms. The van der Waals surface area contributed by atoms with Crippen molar-refractivity contribution >= 4 is 36.5 Å². The second-order valence-electron chi connectivity index (χ2n) is 2.89. The van der Waals surface area contributed by atoms with Gasteiger partial charge in [-0.15, -0.1) is 24.8 Å². The molecule has 0 saturated heterocycles. The number of carbonyl (C=O) groups is 1. The van der Waals surface area contributed by atoms with Crippen molar-refractivity contribution in [2.75, 3.05) is 5.73 Å². The zero-order valence-electron chi connectivity index (χ0n) is 7.92. The highest BCUT2D eigenvalue weighted by Crippen LogP contribution is 2.07. The quantitative estimate of drug-likeness (QED) is 0.703. The Labute approximate surface area is 100 Å². The molecular formula is C9H14Cl2N2O2. The highest BCUT2D eigenvalue weighted by molar-refractivity contribution is 5.85. The molecule has 1 aromatic carbocycles. The first-order valence-corrected chi connectivity index (χ1v) is 3.92. The lowest BCUT2D eigenvalue weighted by atomic mass is 10.1. The van der Waals surface area contributed by atoms with Gasteiger partial charge in [0.2, 0.25) is 0 Å². The first-order valence-electron chi connectivity index (χ1n) is 3.92. The molecule has 1 rings (SSSR count). The molecule has 0 heterocycles. The van der Waals surface area contributed by atoms with E-state index in [0.717, 1.165) is 5.56 Å². The maximum Gasteiger partial charge on any atom is 0.320 e. The Kier molecular flexibility index (Phi) is 8.05. The van der Waals surface area contributed by atoms with Crippen LogP contribution in [0.25, 0.3) is 0 Å². The number of nitrogen functional groups attached to an aromatic ring is 1. The third-order valence-electron chi connectivity index (χ3n) is 1.75. The summed E-state index contributed by atoms with van der Waals surface area (Å²) in [5, 5.41) is 8.55. The largest absolute Gasteiger partial charge is 0.480 e. The van der Waals surface area contributed by atoms with Crippen LogP contribution in [0.3, 0.4) is 0 Å². The first kappa shape index (κ1) is 16.5.